The van der Waals surface area contributed by atoms with E-state index in [0.29, 0.717) is 15.8 Å². The van der Waals surface area contributed by atoms with E-state index in [4.69, 9.17) is 27.9 Å². The van der Waals surface area contributed by atoms with Crippen LogP contribution in [0.15, 0.2) is 53.6 Å². The summed E-state index contributed by atoms with van der Waals surface area (Å²) >= 11 is 11.6. The van der Waals surface area contributed by atoms with E-state index in [1.165, 1.54) is 6.21 Å². The predicted octanol–water partition coefficient (Wildman–Crippen LogP) is 3.91. The van der Waals surface area contributed by atoms with Gasteiger partial charge in [0.1, 0.15) is 5.75 Å². The summed E-state index contributed by atoms with van der Waals surface area (Å²) < 4.78 is 5.49. The van der Waals surface area contributed by atoms with Crippen LogP contribution in [0.5, 0.6) is 5.75 Å². The van der Waals surface area contributed by atoms with E-state index in [1.54, 1.807) is 55.5 Å². The Balaban J connectivity index is 1.85. The lowest BCUT2D eigenvalue weighted by atomic mass is 10.2. The molecule has 0 aliphatic carbocycles. The highest BCUT2D eigenvalue weighted by molar-refractivity contribution is 6.30. The zero-order chi connectivity index (χ0) is 15.9. The number of hydrazone groups is 1. The summed E-state index contributed by atoms with van der Waals surface area (Å²) in [6.45, 7) is 1.64. The molecular formula is C16H14Cl2N2O2. The Morgan fingerprint density at radius 2 is 1.64 bits per heavy atom. The Labute approximate surface area is 138 Å². The molecule has 1 N–H and O–H groups in total. The minimum Gasteiger partial charge on any atom is -0.481 e. The summed E-state index contributed by atoms with van der Waals surface area (Å²) in [5.41, 5.74) is 3.25. The molecule has 0 spiro atoms. The number of benzene rings is 2. The molecule has 114 valence electrons. The molecule has 6 heteroatoms. The Morgan fingerprint density at radius 1 is 1.09 bits per heavy atom. The first-order valence-corrected chi connectivity index (χ1v) is 7.31. The molecule has 0 saturated carbocycles. The molecule has 2 aromatic carbocycles. The van der Waals surface area contributed by atoms with Gasteiger partial charge in [0.05, 0.1) is 6.21 Å². The third kappa shape index (κ3) is 5.06. The Kier molecular flexibility index (Phi) is 5.81. The van der Waals surface area contributed by atoms with Crippen LogP contribution in [0.2, 0.25) is 10.0 Å². The van der Waals surface area contributed by atoms with Crippen molar-refractivity contribution in [3.8, 4) is 5.75 Å². The predicted molar refractivity (Wildman–Crippen MR) is 88.7 cm³/mol. The van der Waals surface area contributed by atoms with E-state index in [2.05, 4.69) is 10.5 Å². The minimum atomic E-state index is -0.677. The first-order valence-electron chi connectivity index (χ1n) is 6.55. The first-order chi connectivity index (χ1) is 10.5. The highest BCUT2D eigenvalue weighted by Crippen LogP contribution is 2.16. The van der Waals surface area contributed by atoms with Crippen molar-refractivity contribution < 1.29 is 9.53 Å². The van der Waals surface area contributed by atoms with Gasteiger partial charge in [-0.05, 0) is 48.9 Å². The van der Waals surface area contributed by atoms with Crippen LogP contribution in [0.1, 0.15) is 12.5 Å². The van der Waals surface area contributed by atoms with Crippen molar-refractivity contribution in [1.29, 1.82) is 0 Å². The van der Waals surface area contributed by atoms with Gasteiger partial charge in [0, 0.05) is 10.0 Å². The lowest BCUT2D eigenvalue weighted by Gasteiger charge is -2.12. The number of amides is 1. The fraction of sp³-hybridized carbons (Fsp3) is 0.125. The molecule has 0 fully saturated rings. The number of nitrogens with zero attached hydrogens (tertiary/aromatic N) is 1. The Bertz CT molecular complexity index is 655. The lowest BCUT2D eigenvalue weighted by Crippen LogP contribution is -2.33. The molecule has 0 bridgehead atoms. The number of nitrogens with one attached hydrogen (secondary N) is 1. The SMILES string of the molecule is C[C@H](Oc1ccc(Cl)cc1)C(=O)N/N=C/c1ccc(Cl)cc1. The van der Waals surface area contributed by atoms with Gasteiger partial charge in [-0.15, -0.1) is 0 Å². The topological polar surface area (TPSA) is 50.7 Å². The number of carbonyl (C=O) groups excluding carboxylic acids is 1. The average Bonchev–Trinajstić information content (AvgIpc) is 2.51. The zero-order valence-corrected chi connectivity index (χ0v) is 13.3. The largest absolute Gasteiger partial charge is 0.481 e. The van der Waals surface area contributed by atoms with Gasteiger partial charge < -0.3 is 4.74 Å². The molecule has 1 amide bonds. The minimum absolute atomic E-state index is 0.347. The maximum atomic E-state index is 11.9. The van der Waals surface area contributed by atoms with Gasteiger partial charge in [0.15, 0.2) is 6.10 Å². The van der Waals surface area contributed by atoms with Crippen molar-refractivity contribution in [2.45, 2.75) is 13.0 Å². The summed E-state index contributed by atoms with van der Waals surface area (Å²) in [5.74, 6) is 0.217. The molecule has 0 aliphatic heterocycles. The maximum absolute atomic E-state index is 11.9. The zero-order valence-electron chi connectivity index (χ0n) is 11.8. The number of hydrogen-bond acceptors (Lipinski definition) is 3. The second kappa shape index (κ2) is 7.82. The van der Waals surface area contributed by atoms with Crippen LogP contribution in [-0.4, -0.2) is 18.2 Å². The highest BCUT2D eigenvalue weighted by Gasteiger charge is 2.13. The van der Waals surface area contributed by atoms with Gasteiger partial charge in [0.25, 0.3) is 5.91 Å². The van der Waals surface area contributed by atoms with Crippen LogP contribution >= 0.6 is 23.2 Å². The second-order valence-corrected chi connectivity index (χ2v) is 5.37. The van der Waals surface area contributed by atoms with E-state index in [9.17, 15) is 4.79 Å². The third-order valence-corrected chi connectivity index (χ3v) is 3.26. The molecule has 1 atom stereocenters. The van der Waals surface area contributed by atoms with E-state index in [-0.39, 0.29) is 5.91 Å². The molecule has 0 aromatic heterocycles. The molecular weight excluding hydrogens is 323 g/mol. The van der Waals surface area contributed by atoms with Crippen molar-refractivity contribution in [1.82, 2.24) is 5.43 Å². The van der Waals surface area contributed by atoms with Crippen molar-refractivity contribution in [3.05, 3.63) is 64.1 Å². The molecule has 0 heterocycles. The maximum Gasteiger partial charge on any atom is 0.280 e. The van der Waals surface area contributed by atoms with Crippen molar-refractivity contribution in [2.24, 2.45) is 5.10 Å². The van der Waals surface area contributed by atoms with E-state index < -0.39 is 6.10 Å². The molecule has 0 saturated heterocycles. The van der Waals surface area contributed by atoms with Crippen LogP contribution in [0.3, 0.4) is 0 Å². The summed E-state index contributed by atoms with van der Waals surface area (Å²) in [6.07, 6.45) is 0.854. The second-order valence-electron chi connectivity index (χ2n) is 4.50. The Hall–Kier alpha value is -2.04. The van der Waals surface area contributed by atoms with Gasteiger partial charge >= 0.3 is 0 Å². The molecule has 0 radical (unpaired) electrons. The normalized spacial score (nSPS) is 12.1. The van der Waals surface area contributed by atoms with Crippen LogP contribution in [0.4, 0.5) is 0 Å². The summed E-state index contributed by atoms with van der Waals surface area (Å²) in [4.78, 5) is 11.9. The first kappa shape index (κ1) is 16.3. The summed E-state index contributed by atoms with van der Waals surface area (Å²) in [5, 5.41) is 5.13. The van der Waals surface area contributed by atoms with Crippen LogP contribution < -0.4 is 10.2 Å². The molecule has 2 rings (SSSR count). The van der Waals surface area contributed by atoms with Crippen molar-refractivity contribution in [2.75, 3.05) is 0 Å². The molecule has 22 heavy (non-hydrogen) atoms. The van der Waals surface area contributed by atoms with Crippen LogP contribution in [0.25, 0.3) is 0 Å². The van der Waals surface area contributed by atoms with E-state index in [1.807, 2.05) is 0 Å². The fourth-order valence-electron chi connectivity index (χ4n) is 1.58. The van der Waals surface area contributed by atoms with Gasteiger partial charge in [0.2, 0.25) is 0 Å². The highest BCUT2D eigenvalue weighted by atomic mass is 35.5. The quantitative estimate of drug-likeness (QED) is 0.664. The van der Waals surface area contributed by atoms with Crippen molar-refractivity contribution in [3.63, 3.8) is 0 Å². The summed E-state index contributed by atoms with van der Waals surface area (Å²) in [7, 11) is 0. The number of hydrogen-bond donors (Lipinski definition) is 1. The summed E-state index contributed by atoms with van der Waals surface area (Å²) in [6, 6.07) is 13.9. The fourth-order valence-corrected chi connectivity index (χ4v) is 1.83. The molecule has 2 aromatic rings. The van der Waals surface area contributed by atoms with Crippen molar-refractivity contribution >= 4 is 35.3 Å². The number of carbonyl (C=O) groups is 1. The van der Waals surface area contributed by atoms with Gasteiger partial charge in [-0.3, -0.25) is 4.79 Å². The lowest BCUT2D eigenvalue weighted by molar-refractivity contribution is -0.127. The molecule has 0 aliphatic rings. The number of rotatable bonds is 5. The monoisotopic (exact) mass is 336 g/mol. The number of halogens is 2. The smallest absolute Gasteiger partial charge is 0.280 e. The van der Waals surface area contributed by atoms with Crippen LogP contribution in [-0.2, 0) is 4.79 Å². The van der Waals surface area contributed by atoms with Gasteiger partial charge in [-0.1, -0.05) is 35.3 Å². The standard InChI is InChI=1S/C16H14Cl2N2O2/c1-11(22-15-8-6-14(18)7-9-15)16(21)20-19-10-12-2-4-13(17)5-3-12/h2-11H,1H3,(H,20,21)/b19-10+/t11-/m0/s1. The van der Waals surface area contributed by atoms with Crippen LogP contribution in [0, 0.1) is 0 Å². The number of ether oxygens (including phenoxy) is 1. The van der Waals surface area contributed by atoms with E-state index in [0.717, 1.165) is 5.56 Å². The average molecular weight is 337 g/mol. The molecule has 0 unspecified atom stereocenters. The van der Waals surface area contributed by atoms with E-state index >= 15 is 0 Å². The molecule has 4 nitrogen and oxygen atoms in total. The van der Waals surface area contributed by atoms with Gasteiger partial charge in [-0.2, -0.15) is 5.10 Å². The third-order valence-electron chi connectivity index (χ3n) is 2.75. The Morgan fingerprint density at radius 3 is 2.23 bits per heavy atom. The van der Waals surface area contributed by atoms with Gasteiger partial charge in [-0.25, -0.2) is 5.43 Å².